The van der Waals surface area contributed by atoms with Crippen LogP contribution in [0.3, 0.4) is 0 Å². The van der Waals surface area contributed by atoms with Crippen LogP contribution in [-0.4, -0.2) is 51.1 Å². The first-order chi connectivity index (χ1) is 15.9. The molecule has 1 amide bonds. The van der Waals surface area contributed by atoms with E-state index < -0.39 is 0 Å². The summed E-state index contributed by atoms with van der Waals surface area (Å²) in [7, 11) is 0. The zero-order valence-electron chi connectivity index (χ0n) is 18.9. The summed E-state index contributed by atoms with van der Waals surface area (Å²) in [5, 5.41) is 5.37. The lowest BCUT2D eigenvalue weighted by atomic mass is 9.97. The van der Waals surface area contributed by atoms with Gasteiger partial charge in [0, 0.05) is 60.6 Å². The van der Waals surface area contributed by atoms with E-state index in [1.807, 2.05) is 27.7 Å². The number of fused-ring (bicyclic) bond motifs is 1. The smallest absolute Gasteiger partial charge is 0.254 e. The topological polar surface area (TPSA) is 106 Å². The maximum absolute atomic E-state index is 13.6. The highest BCUT2D eigenvalue weighted by atomic mass is 35.5. The van der Waals surface area contributed by atoms with Gasteiger partial charge in [0.2, 0.25) is 0 Å². The summed E-state index contributed by atoms with van der Waals surface area (Å²) in [6, 6.07) is 7.42. The molecule has 1 aromatic carbocycles. The van der Waals surface area contributed by atoms with Gasteiger partial charge in [0.1, 0.15) is 5.82 Å². The third-order valence-electron chi connectivity index (χ3n) is 6.78. The van der Waals surface area contributed by atoms with Crippen LogP contribution >= 0.6 is 11.6 Å². The van der Waals surface area contributed by atoms with Gasteiger partial charge in [-0.25, -0.2) is 9.50 Å². The molecule has 2 unspecified atom stereocenters. The highest BCUT2D eigenvalue weighted by molar-refractivity contribution is 6.31. The lowest BCUT2D eigenvalue weighted by Gasteiger charge is -2.35. The van der Waals surface area contributed by atoms with Gasteiger partial charge in [-0.3, -0.25) is 4.79 Å². The Balaban J connectivity index is 1.48. The Morgan fingerprint density at radius 1 is 1.21 bits per heavy atom. The molecule has 0 aliphatic carbocycles. The number of aryl methyl sites for hydroxylation is 1. The second-order valence-corrected chi connectivity index (χ2v) is 9.57. The SMILES string of the molecule is Cc1cn2nc(C3CCCCN3C(=O)c3cc(Cl)ccc3CN)cc2nc1N1CCC(N)C1. The first-order valence-electron chi connectivity index (χ1n) is 11.6. The van der Waals surface area contributed by atoms with E-state index in [4.69, 9.17) is 33.2 Å². The minimum Gasteiger partial charge on any atom is -0.355 e. The molecule has 2 atom stereocenters. The molecule has 4 heterocycles. The predicted molar refractivity (Wildman–Crippen MR) is 130 cm³/mol. The maximum atomic E-state index is 13.6. The van der Waals surface area contributed by atoms with E-state index in [-0.39, 0.29) is 24.5 Å². The molecule has 174 valence electrons. The van der Waals surface area contributed by atoms with Crippen LogP contribution in [0.4, 0.5) is 5.82 Å². The summed E-state index contributed by atoms with van der Waals surface area (Å²) in [6.07, 6.45) is 5.87. The molecule has 33 heavy (non-hydrogen) atoms. The van der Waals surface area contributed by atoms with Crippen LogP contribution in [0.5, 0.6) is 0 Å². The molecule has 0 radical (unpaired) electrons. The second kappa shape index (κ2) is 8.93. The Morgan fingerprint density at radius 2 is 2.06 bits per heavy atom. The number of benzene rings is 1. The second-order valence-electron chi connectivity index (χ2n) is 9.13. The zero-order chi connectivity index (χ0) is 23.1. The number of amides is 1. The highest BCUT2D eigenvalue weighted by Gasteiger charge is 2.32. The van der Waals surface area contributed by atoms with Crippen molar-refractivity contribution in [2.45, 2.75) is 51.2 Å². The molecule has 2 saturated heterocycles. The molecule has 0 saturated carbocycles. The number of likely N-dealkylation sites (tertiary alicyclic amines) is 1. The summed E-state index contributed by atoms with van der Waals surface area (Å²) < 4.78 is 1.83. The number of carbonyl (C=O) groups excluding carboxylic acids is 1. The molecular weight excluding hydrogens is 438 g/mol. The normalized spacial score (nSPS) is 21.2. The largest absolute Gasteiger partial charge is 0.355 e. The number of carbonyl (C=O) groups is 1. The van der Waals surface area contributed by atoms with Crippen LogP contribution in [0, 0.1) is 6.92 Å². The number of aromatic nitrogens is 3. The van der Waals surface area contributed by atoms with Gasteiger partial charge in [-0.2, -0.15) is 5.10 Å². The average Bonchev–Trinajstić information content (AvgIpc) is 3.43. The van der Waals surface area contributed by atoms with Crippen LogP contribution in [-0.2, 0) is 6.54 Å². The minimum absolute atomic E-state index is 0.0458. The van der Waals surface area contributed by atoms with Gasteiger partial charge in [-0.1, -0.05) is 17.7 Å². The lowest BCUT2D eigenvalue weighted by Crippen LogP contribution is -2.39. The molecular formula is C24H30ClN7O. The molecule has 2 aliphatic heterocycles. The van der Waals surface area contributed by atoms with Gasteiger partial charge < -0.3 is 21.3 Å². The minimum atomic E-state index is -0.110. The highest BCUT2D eigenvalue weighted by Crippen LogP contribution is 2.33. The van der Waals surface area contributed by atoms with Crippen LogP contribution in [0.25, 0.3) is 5.65 Å². The third kappa shape index (κ3) is 4.18. The van der Waals surface area contributed by atoms with E-state index in [0.29, 0.717) is 17.1 Å². The summed E-state index contributed by atoms with van der Waals surface area (Å²) >= 11 is 6.21. The van der Waals surface area contributed by atoms with Crippen LogP contribution in [0.15, 0.2) is 30.5 Å². The number of hydrogen-bond acceptors (Lipinski definition) is 6. The Kier molecular flexibility index (Phi) is 5.99. The number of nitrogens with zero attached hydrogens (tertiary/aromatic N) is 5. The van der Waals surface area contributed by atoms with Crippen molar-refractivity contribution in [1.29, 1.82) is 0 Å². The average molecular weight is 468 g/mol. The van der Waals surface area contributed by atoms with Crippen molar-refractivity contribution in [2.75, 3.05) is 24.5 Å². The number of piperidine rings is 1. The predicted octanol–water partition coefficient (Wildman–Crippen LogP) is 3.05. The summed E-state index contributed by atoms with van der Waals surface area (Å²) in [6.45, 7) is 4.75. The Labute approximate surface area is 198 Å². The standard InChI is InChI=1S/C24H30ClN7O/c1-15-13-32-22(28-23(15)30-9-7-18(27)14-30)11-20(29-32)21-4-2-3-8-31(21)24(33)19-10-17(25)6-5-16(19)12-26/h5-6,10-11,13,18,21H,2-4,7-9,12,14,26-27H2,1H3. The quantitative estimate of drug-likeness (QED) is 0.610. The molecule has 2 aromatic heterocycles. The van der Waals surface area contributed by atoms with E-state index in [2.05, 4.69) is 11.8 Å². The van der Waals surface area contributed by atoms with E-state index >= 15 is 0 Å². The molecule has 3 aromatic rings. The monoisotopic (exact) mass is 467 g/mol. The van der Waals surface area contributed by atoms with Crippen molar-refractivity contribution >= 4 is 29.0 Å². The first-order valence-corrected chi connectivity index (χ1v) is 12.0. The first kappa shape index (κ1) is 22.1. The fourth-order valence-electron chi connectivity index (χ4n) is 5.04. The number of anilines is 1. The fourth-order valence-corrected chi connectivity index (χ4v) is 5.22. The van der Waals surface area contributed by atoms with Crippen LogP contribution < -0.4 is 16.4 Å². The molecule has 0 bridgehead atoms. The molecule has 8 nitrogen and oxygen atoms in total. The van der Waals surface area contributed by atoms with Crippen molar-refractivity contribution in [1.82, 2.24) is 19.5 Å². The van der Waals surface area contributed by atoms with Crippen molar-refractivity contribution in [3.63, 3.8) is 0 Å². The number of hydrogen-bond donors (Lipinski definition) is 2. The van der Waals surface area contributed by atoms with E-state index in [9.17, 15) is 4.79 Å². The van der Waals surface area contributed by atoms with Gasteiger partial charge >= 0.3 is 0 Å². The molecule has 4 N–H and O–H groups in total. The van der Waals surface area contributed by atoms with Crippen molar-refractivity contribution < 1.29 is 4.79 Å². The number of rotatable bonds is 4. The molecule has 2 fully saturated rings. The lowest BCUT2D eigenvalue weighted by molar-refractivity contribution is 0.0604. The van der Waals surface area contributed by atoms with Crippen molar-refractivity contribution in [3.05, 3.63) is 57.9 Å². The summed E-state index contributed by atoms with van der Waals surface area (Å²) in [5.41, 5.74) is 16.1. The van der Waals surface area contributed by atoms with Crippen LogP contribution in [0.1, 0.15) is 58.9 Å². The van der Waals surface area contributed by atoms with E-state index in [1.54, 1.807) is 12.1 Å². The third-order valence-corrected chi connectivity index (χ3v) is 7.01. The summed E-state index contributed by atoms with van der Waals surface area (Å²) in [4.78, 5) is 22.7. The molecule has 0 spiro atoms. The zero-order valence-corrected chi connectivity index (χ0v) is 19.6. The Morgan fingerprint density at radius 3 is 2.82 bits per heavy atom. The fraction of sp³-hybridized carbons (Fsp3) is 0.458. The molecule has 2 aliphatic rings. The molecule has 9 heteroatoms. The van der Waals surface area contributed by atoms with Crippen LogP contribution in [0.2, 0.25) is 5.02 Å². The van der Waals surface area contributed by atoms with Gasteiger partial charge in [0.05, 0.1) is 11.7 Å². The van der Waals surface area contributed by atoms with Gasteiger partial charge in [-0.15, -0.1) is 0 Å². The van der Waals surface area contributed by atoms with Gasteiger partial charge in [0.15, 0.2) is 5.65 Å². The van der Waals surface area contributed by atoms with Gasteiger partial charge in [-0.05, 0) is 50.3 Å². The molecule has 5 rings (SSSR count). The van der Waals surface area contributed by atoms with E-state index in [1.165, 1.54) is 0 Å². The van der Waals surface area contributed by atoms with Crippen molar-refractivity contribution in [3.8, 4) is 0 Å². The number of halogens is 1. The van der Waals surface area contributed by atoms with E-state index in [0.717, 1.165) is 67.1 Å². The Hall–Kier alpha value is -2.68. The maximum Gasteiger partial charge on any atom is 0.254 e. The van der Waals surface area contributed by atoms with Crippen molar-refractivity contribution in [2.24, 2.45) is 11.5 Å². The number of nitrogens with two attached hydrogens (primary N) is 2. The Bertz CT molecular complexity index is 1190. The van der Waals surface area contributed by atoms with Gasteiger partial charge in [0.25, 0.3) is 5.91 Å². The summed E-state index contributed by atoms with van der Waals surface area (Å²) in [5.74, 6) is 0.917.